The molecule has 1 heterocycles. The molecular weight excluding hydrogens is 304 g/mol. The molecule has 1 fully saturated rings. The summed E-state index contributed by atoms with van der Waals surface area (Å²) in [5.74, 6) is 0.713. The van der Waals surface area contributed by atoms with Gasteiger partial charge in [0, 0.05) is 13.1 Å². The van der Waals surface area contributed by atoms with Crippen molar-refractivity contribution in [3.63, 3.8) is 0 Å². The van der Waals surface area contributed by atoms with Gasteiger partial charge >= 0.3 is 0 Å². The van der Waals surface area contributed by atoms with Crippen molar-refractivity contribution in [1.29, 1.82) is 0 Å². The fraction of sp³-hybridized carbons (Fsp3) is 0.368. The molecule has 3 rings (SSSR count). The van der Waals surface area contributed by atoms with Crippen molar-refractivity contribution >= 4 is 34.0 Å². The van der Waals surface area contributed by atoms with Crippen molar-refractivity contribution in [2.24, 2.45) is 5.92 Å². The topological polar surface area (TPSA) is 32.3 Å². The molecule has 2 aromatic carbocycles. The van der Waals surface area contributed by atoms with E-state index in [0.717, 1.165) is 48.2 Å². The number of rotatable bonds is 2. The minimum Gasteiger partial charge on any atom is -0.349 e. The number of thiocarbonyl (C=S) groups is 1. The Balaban J connectivity index is 1.63. The second kappa shape index (κ2) is 7.09. The molecule has 2 aromatic rings. The van der Waals surface area contributed by atoms with Crippen LogP contribution in [0.25, 0.3) is 10.8 Å². The molecule has 23 heavy (non-hydrogen) atoms. The van der Waals surface area contributed by atoms with Crippen LogP contribution < -0.4 is 5.32 Å². The van der Waals surface area contributed by atoms with Crippen LogP contribution in [0.15, 0.2) is 42.5 Å². The molecule has 0 aromatic heterocycles. The minimum absolute atomic E-state index is 0.0371. The van der Waals surface area contributed by atoms with Crippen LogP contribution in [0.1, 0.15) is 25.3 Å². The second-order valence-electron chi connectivity index (χ2n) is 6.34. The van der Waals surface area contributed by atoms with Gasteiger partial charge in [-0.3, -0.25) is 4.79 Å². The van der Waals surface area contributed by atoms with Crippen molar-refractivity contribution in [3.05, 3.63) is 48.0 Å². The van der Waals surface area contributed by atoms with Gasteiger partial charge in [-0.2, -0.15) is 0 Å². The van der Waals surface area contributed by atoms with Crippen LogP contribution >= 0.6 is 12.2 Å². The Morgan fingerprint density at radius 1 is 1.17 bits per heavy atom. The molecule has 0 aliphatic carbocycles. The van der Waals surface area contributed by atoms with E-state index in [1.165, 1.54) is 0 Å². The highest BCUT2D eigenvalue weighted by Gasteiger charge is 2.19. The summed E-state index contributed by atoms with van der Waals surface area (Å²) in [5, 5.41) is 5.75. The summed E-state index contributed by atoms with van der Waals surface area (Å²) in [6, 6.07) is 14.2. The van der Waals surface area contributed by atoms with Crippen LogP contribution in [0.4, 0.5) is 0 Å². The van der Waals surface area contributed by atoms with E-state index in [4.69, 9.17) is 12.2 Å². The molecule has 0 radical (unpaired) electrons. The van der Waals surface area contributed by atoms with Gasteiger partial charge in [-0.15, -0.1) is 0 Å². The Morgan fingerprint density at radius 2 is 1.87 bits per heavy atom. The van der Waals surface area contributed by atoms with Crippen molar-refractivity contribution in [1.82, 2.24) is 10.2 Å². The Bertz CT molecular complexity index is 715. The van der Waals surface area contributed by atoms with Crippen LogP contribution in [-0.2, 0) is 11.2 Å². The average Bonchev–Trinajstić information content (AvgIpc) is 2.55. The Hall–Kier alpha value is -1.94. The molecule has 0 bridgehead atoms. The number of hydrogen-bond donors (Lipinski definition) is 1. The van der Waals surface area contributed by atoms with E-state index in [9.17, 15) is 4.79 Å². The molecule has 1 saturated heterocycles. The second-order valence-corrected chi connectivity index (χ2v) is 6.72. The maximum absolute atomic E-state index is 12.3. The summed E-state index contributed by atoms with van der Waals surface area (Å²) < 4.78 is 0. The largest absolute Gasteiger partial charge is 0.349 e. The van der Waals surface area contributed by atoms with Crippen LogP contribution in [0, 0.1) is 5.92 Å². The summed E-state index contributed by atoms with van der Waals surface area (Å²) in [6.07, 6.45) is 2.63. The lowest BCUT2D eigenvalue weighted by Crippen LogP contribution is -2.46. The number of carbonyl (C=O) groups excluding carboxylic acids is 1. The van der Waals surface area contributed by atoms with E-state index in [-0.39, 0.29) is 5.91 Å². The molecular formula is C19H22N2OS. The van der Waals surface area contributed by atoms with Gasteiger partial charge in [0.25, 0.3) is 0 Å². The highest BCUT2D eigenvalue weighted by molar-refractivity contribution is 7.80. The molecule has 0 atom stereocenters. The predicted molar refractivity (Wildman–Crippen MR) is 98.4 cm³/mol. The number of piperidine rings is 1. The number of amides is 1. The number of nitrogens with zero attached hydrogens (tertiary/aromatic N) is 1. The maximum Gasteiger partial charge on any atom is 0.230 e. The number of carbonyl (C=O) groups is 1. The lowest BCUT2D eigenvalue weighted by atomic mass is 10.00. The number of hydrogen-bond acceptors (Lipinski definition) is 2. The quantitative estimate of drug-likeness (QED) is 0.857. The van der Waals surface area contributed by atoms with Gasteiger partial charge in [0.05, 0.1) is 6.42 Å². The zero-order valence-electron chi connectivity index (χ0n) is 13.4. The number of nitrogens with one attached hydrogen (secondary N) is 1. The molecule has 0 saturated carbocycles. The maximum atomic E-state index is 12.3. The van der Waals surface area contributed by atoms with E-state index >= 15 is 0 Å². The van der Waals surface area contributed by atoms with Crippen LogP contribution in [0.5, 0.6) is 0 Å². The highest BCUT2D eigenvalue weighted by atomic mass is 32.1. The smallest absolute Gasteiger partial charge is 0.230 e. The third-order valence-corrected chi connectivity index (χ3v) is 4.91. The van der Waals surface area contributed by atoms with Gasteiger partial charge in [0.1, 0.15) is 0 Å². The summed E-state index contributed by atoms with van der Waals surface area (Å²) >= 11 is 5.39. The SMILES string of the molecule is CC1CCN(C(=S)NC(=O)Cc2cccc3ccccc23)CC1. The summed E-state index contributed by atoms with van der Waals surface area (Å²) in [6.45, 7) is 4.14. The van der Waals surface area contributed by atoms with Gasteiger partial charge in [-0.1, -0.05) is 49.4 Å². The summed E-state index contributed by atoms with van der Waals surface area (Å²) in [5.41, 5.74) is 1.04. The third kappa shape index (κ3) is 3.88. The lowest BCUT2D eigenvalue weighted by molar-refractivity contribution is -0.119. The Kier molecular flexibility index (Phi) is 4.91. The van der Waals surface area contributed by atoms with Gasteiger partial charge in [-0.05, 0) is 47.3 Å². The van der Waals surface area contributed by atoms with Crippen molar-refractivity contribution in [2.45, 2.75) is 26.2 Å². The van der Waals surface area contributed by atoms with Gasteiger partial charge in [-0.25, -0.2) is 0 Å². The molecule has 1 aliphatic rings. The number of fused-ring (bicyclic) bond motifs is 1. The zero-order valence-corrected chi connectivity index (χ0v) is 14.2. The first-order valence-corrected chi connectivity index (χ1v) is 8.59. The van der Waals surface area contributed by atoms with Crippen LogP contribution in [0.2, 0.25) is 0 Å². The van der Waals surface area contributed by atoms with Crippen LogP contribution in [0.3, 0.4) is 0 Å². The third-order valence-electron chi connectivity index (χ3n) is 4.55. The summed E-state index contributed by atoms with van der Waals surface area (Å²) in [4.78, 5) is 14.5. The number of benzene rings is 2. The average molecular weight is 326 g/mol. The van der Waals surface area contributed by atoms with Crippen molar-refractivity contribution < 1.29 is 4.79 Å². The summed E-state index contributed by atoms with van der Waals surface area (Å²) in [7, 11) is 0. The minimum atomic E-state index is -0.0371. The molecule has 1 aliphatic heterocycles. The Morgan fingerprint density at radius 3 is 2.65 bits per heavy atom. The van der Waals surface area contributed by atoms with E-state index in [0.29, 0.717) is 11.5 Å². The van der Waals surface area contributed by atoms with Crippen LogP contribution in [-0.4, -0.2) is 29.0 Å². The molecule has 3 nitrogen and oxygen atoms in total. The zero-order chi connectivity index (χ0) is 16.2. The lowest BCUT2D eigenvalue weighted by Gasteiger charge is -2.32. The standard InChI is InChI=1S/C19H22N2OS/c1-14-9-11-21(12-10-14)19(23)20-18(22)13-16-7-4-6-15-5-2-3-8-17(15)16/h2-8,14H,9-13H2,1H3,(H,20,22,23). The first-order valence-electron chi connectivity index (χ1n) is 8.19. The van der Waals surface area contributed by atoms with E-state index in [1.807, 2.05) is 24.3 Å². The van der Waals surface area contributed by atoms with E-state index < -0.39 is 0 Å². The van der Waals surface area contributed by atoms with Gasteiger partial charge in [0.2, 0.25) is 5.91 Å². The highest BCUT2D eigenvalue weighted by Crippen LogP contribution is 2.19. The molecule has 1 N–H and O–H groups in total. The Labute approximate surface area is 142 Å². The first kappa shape index (κ1) is 15.9. The van der Waals surface area contributed by atoms with E-state index in [1.54, 1.807) is 0 Å². The fourth-order valence-electron chi connectivity index (χ4n) is 3.07. The molecule has 0 spiro atoms. The molecule has 120 valence electrons. The van der Waals surface area contributed by atoms with E-state index in [2.05, 4.69) is 35.3 Å². The fourth-order valence-corrected chi connectivity index (χ4v) is 3.37. The molecule has 4 heteroatoms. The predicted octanol–water partition coefficient (Wildman–Crippen LogP) is 3.52. The first-order chi connectivity index (χ1) is 11.1. The number of likely N-dealkylation sites (tertiary alicyclic amines) is 1. The van der Waals surface area contributed by atoms with Crippen molar-refractivity contribution in [3.8, 4) is 0 Å². The van der Waals surface area contributed by atoms with Gasteiger partial charge < -0.3 is 10.2 Å². The normalized spacial score (nSPS) is 15.6. The van der Waals surface area contributed by atoms with Crippen molar-refractivity contribution in [2.75, 3.05) is 13.1 Å². The molecule has 0 unspecified atom stereocenters. The van der Waals surface area contributed by atoms with Gasteiger partial charge in [0.15, 0.2) is 5.11 Å². The molecule has 1 amide bonds. The monoisotopic (exact) mass is 326 g/mol.